The summed E-state index contributed by atoms with van der Waals surface area (Å²) in [4.78, 5) is 13.9. The van der Waals surface area contributed by atoms with E-state index in [2.05, 4.69) is 5.32 Å². The lowest BCUT2D eigenvalue weighted by Gasteiger charge is -2.23. The maximum atomic E-state index is 12.2. The maximum Gasteiger partial charge on any atom is 0.322 e. The van der Waals surface area contributed by atoms with Gasteiger partial charge < -0.3 is 20.1 Å². The normalized spacial score (nSPS) is 18.1. The number of likely N-dealkylation sites (tertiary alicyclic amines) is 1. The van der Waals surface area contributed by atoms with Gasteiger partial charge in [-0.05, 0) is 50.5 Å². The van der Waals surface area contributed by atoms with Gasteiger partial charge in [0.1, 0.15) is 5.75 Å². The Labute approximate surface area is 119 Å². The van der Waals surface area contributed by atoms with Crippen molar-refractivity contribution in [3.8, 4) is 5.75 Å². The maximum absolute atomic E-state index is 12.2. The van der Waals surface area contributed by atoms with E-state index in [0.29, 0.717) is 13.2 Å². The van der Waals surface area contributed by atoms with Gasteiger partial charge in [0, 0.05) is 12.2 Å². The fraction of sp³-hybridized carbons (Fsp3) is 0.533. The molecule has 0 aromatic heterocycles. The van der Waals surface area contributed by atoms with Crippen molar-refractivity contribution in [2.45, 2.75) is 32.7 Å². The van der Waals surface area contributed by atoms with Gasteiger partial charge in [0.25, 0.3) is 0 Å². The number of nitrogens with one attached hydrogen (secondary N) is 1. The minimum absolute atomic E-state index is 0.0235. The smallest absolute Gasteiger partial charge is 0.322 e. The number of rotatable bonds is 4. The number of amides is 2. The summed E-state index contributed by atoms with van der Waals surface area (Å²) in [6, 6.07) is 5.40. The van der Waals surface area contributed by atoms with Crippen LogP contribution in [0.4, 0.5) is 10.5 Å². The van der Waals surface area contributed by atoms with Gasteiger partial charge in [-0.2, -0.15) is 0 Å². The molecule has 2 rings (SSSR count). The second kappa shape index (κ2) is 6.61. The van der Waals surface area contributed by atoms with Crippen molar-refractivity contribution in [1.29, 1.82) is 0 Å². The zero-order chi connectivity index (χ0) is 14.5. The number of urea groups is 1. The van der Waals surface area contributed by atoms with Crippen LogP contribution in [0, 0.1) is 6.92 Å². The zero-order valence-electron chi connectivity index (χ0n) is 12.1. The third-order valence-corrected chi connectivity index (χ3v) is 3.60. The Balaban J connectivity index is 2.04. The third kappa shape index (κ3) is 3.22. The molecule has 0 bridgehead atoms. The number of aryl methyl sites for hydroxylation is 1. The van der Waals surface area contributed by atoms with Crippen LogP contribution in [0.1, 0.15) is 25.3 Å². The SMILES string of the molecule is CCOc1ccc(NC(=O)N2CCC[C@@H]2CO)c(C)c1. The van der Waals surface area contributed by atoms with Gasteiger partial charge in [-0.1, -0.05) is 0 Å². The third-order valence-electron chi connectivity index (χ3n) is 3.60. The van der Waals surface area contributed by atoms with E-state index in [1.54, 1.807) is 4.90 Å². The largest absolute Gasteiger partial charge is 0.494 e. The molecular weight excluding hydrogens is 256 g/mol. The molecule has 0 unspecified atom stereocenters. The number of hydrogen-bond acceptors (Lipinski definition) is 3. The van der Waals surface area contributed by atoms with Crippen molar-refractivity contribution in [2.75, 3.05) is 25.1 Å². The van der Waals surface area contributed by atoms with Gasteiger partial charge in [0.15, 0.2) is 0 Å². The fourth-order valence-corrected chi connectivity index (χ4v) is 2.51. The molecule has 1 aliphatic rings. The second-order valence-corrected chi connectivity index (χ2v) is 5.01. The Hall–Kier alpha value is -1.75. The number of anilines is 1. The van der Waals surface area contributed by atoms with Crippen LogP contribution in [0.5, 0.6) is 5.75 Å². The zero-order valence-corrected chi connectivity index (χ0v) is 12.1. The summed E-state index contributed by atoms with van der Waals surface area (Å²) in [5.74, 6) is 0.803. The highest BCUT2D eigenvalue weighted by Gasteiger charge is 2.28. The molecule has 1 fully saturated rings. The first-order valence-electron chi connectivity index (χ1n) is 7.07. The highest BCUT2D eigenvalue weighted by Crippen LogP contribution is 2.23. The van der Waals surface area contributed by atoms with E-state index < -0.39 is 0 Å². The van der Waals surface area contributed by atoms with Crippen LogP contribution in [0.25, 0.3) is 0 Å². The summed E-state index contributed by atoms with van der Waals surface area (Å²) in [5.41, 5.74) is 1.74. The Morgan fingerprint density at radius 1 is 1.55 bits per heavy atom. The molecule has 1 aromatic carbocycles. The lowest BCUT2D eigenvalue weighted by molar-refractivity contribution is 0.166. The number of carbonyl (C=O) groups excluding carboxylic acids is 1. The van der Waals surface area contributed by atoms with Gasteiger partial charge in [-0.15, -0.1) is 0 Å². The first-order chi connectivity index (χ1) is 9.65. The van der Waals surface area contributed by atoms with Gasteiger partial charge in [-0.3, -0.25) is 0 Å². The van der Waals surface area contributed by atoms with Crippen LogP contribution >= 0.6 is 0 Å². The molecule has 110 valence electrons. The lowest BCUT2D eigenvalue weighted by Crippen LogP contribution is -2.40. The molecule has 5 heteroatoms. The monoisotopic (exact) mass is 278 g/mol. The van der Waals surface area contributed by atoms with E-state index >= 15 is 0 Å². The Morgan fingerprint density at radius 2 is 2.35 bits per heavy atom. The molecule has 5 nitrogen and oxygen atoms in total. The molecular formula is C15H22N2O3. The Morgan fingerprint density at radius 3 is 3.00 bits per heavy atom. The Bertz CT molecular complexity index is 476. The number of aliphatic hydroxyl groups excluding tert-OH is 1. The van der Waals surface area contributed by atoms with Crippen molar-refractivity contribution < 1.29 is 14.6 Å². The first-order valence-corrected chi connectivity index (χ1v) is 7.07. The van der Waals surface area contributed by atoms with Crippen molar-refractivity contribution in [1.82, 2.24) is 4.90 Å². The quantitative estimate of drug-likeness (QED) is 0.889. The summed E-state index contributed by atoms with van der Waals surface area (Å²) in [5, 5.41) is 12.2. The Kier molecular flexibility index (Phi) is 4.84. The highest BCUT2D eigenvalue weighted by molar-refractivity contribution is 5.90. The van der Waals surface area contributed by atoms with Crippen LogP contribution in [0.3, 0.4) is 0 Å². The van der Waals surface area contributed by atoms with E-state index in [0.717, 1.165) is 29.8 Å². The molecule has 1 heterocycles. The average Bonchev–Trinajstić information content (AvgIpc) is 2.90. The van der Waals surface area contributed by atoms with Crippen LogP contribution in [-0.2, 0) is 0 Å². The van der Waals surface area contributed by atoms with Gasteiger partial charge >= 0.3 is 6.03 Å². The lowest BCUT2D eigenvalue weighted by atomic mass is 10.2. The standard InChI is InChI=1S/C15H22N2O3/c1-3-20-13-6-7-14(11(2)9-13)16-15(19)17-8-4-5-12(17)10-18/h6-7,9,12,18H,3-5,8,10H2,1-2H3,(H,16,19)/t12-/m1/s1. The van der Waals surface area contributed by atoms with E-state index in [4.69, 9.17) is 4.74 Å². The number of ether oxygens (including phenoxy) is 1. The van der Waals surface area contributed by atoms with Crippen molar-refractivity contribution in [3.63, 3.8) is 0 Å². The predicted octanol–water partition coefficient (Wildman–Crippen LogP) is 2.38. The number of aliphatic hydroxyl groups is 1. The molecule has 2 amide bonds. The summed E-state index contributed by atoms with van der Waals surface area (Å²) in [6.45, 7) is 5.22. The predicted molar refractivity (Wildman–Crippen MR) is 78.2 cm³/mol. The molecule has 0 radical (unpaired) electrons. The topological polar surface area (TPSA) is 61.8 Å². The first kappa shape index (κ1) is 14.7. The number of nitrogens with zero attached hydrogens (tertiary/aromatic N) is 1. The van der Waals surface area contributed by atoms with Gasteiger partial charge in [-0.25, -0.2) is 4.79 Å². The van der Waals surface area contributed by atoms with Gasteiger partial charge in [0.05, 0.1) is 19.3 Å². The summed E-state index contributed by atoms with van der Waals surface area (Å²) < 4.78 is 5.42. The van der Waals surface area contributed by atoms with E-state index in [9.17, 15) is 9.90 Å². The summed E-state index contributed by atoms with van der Waals surface area (Å²) in [6.07, 6.45) is 1.81. The molecule has 0 spiro atoms. The number of benzene rings is 1. The molecule has 1 saturated heterocycles. The van der Waals surface area contributed by atoms with Crippen molar-refractivity contribution in [2.24, 2.45) is 0 Å². The fourth-order valence-electron chi connectivity index (χ4n) is 2.51. The minimum Gasteiger partial charge on any atom is -0.494 e. The second-order valence-electron chi connectivity index (χ2n) is 5.01. The summed E-state index contributed by atoms with van der Waals surface area (Å²) in [7, 11) is 0. The molecule has 1 aliphatic heterocycles. The molecule has 2 N–H and O–H groups in total. The van der Waals surface area contributed by atoms with Crippen LogP contribution in [-0.4, -0.2) is 41.8 Å². The highest BCUT2D eigenvalue weighted by atomic mass is 16.5. The average molecular weight is 278 g/mol. The van der Waals surface area contributed by atoms with Gasteiger partial charge in [0.2, 0.25) is 0 Å². The van der Waals surface area contributed by atoms with Crippen molar-refractivity contribution >= 4 is 11.7 Å². The number of carbonyl (C=O) groups is 1. The molecule has 1 atom stereocenters. The van der Waals surface area contributed by atoms with E-state index in [1.165, 1.54) is 0 Å². The van der Waals surface area contributed by atoms with Crippen molar-refractivity contribution in [3.05, 3.63) is 23.8 Å². The van der Waals surface area contributed by atoms with Crippen LogP contribution < -0.4 is 10.1 Å². The van der Waals surface area contributed by atoms with Crippen LogP contribution in [0.2, 0.25) is 0 Å². The minimum atomic E-state index is -0.145. The number of hydrogen-bond donors (Lipinski definition) is 2. The molecule has 1 aromatic rings. The summed E-state index contributed by atoms with van der Waals surface area (Å²) >= 11 is 0. The molecule has 0 saturated carbocycles. The van der Waals surface area contributed by atoms with Crippen LogP contribution in [0.15, 0.2) is 18.2 Å². The molecule has 0 aliphatic carbocycles. The molecule has 20 heavy (non-hydrogen) atoms. The van der Waals surface area contributed by atoms with E-state index in [-0.39, 0.29) is 18.7 Å². The van der Waals surface area contributed by atoms with E-state index in [1.807, 2.05) is 32.0 Å².